The molecule has 3 aromatic rings. The molecule has 0 bridgehead atoms. The molecule has 31 heavy (non-hydrogen) atoms. The molecule has 1 aliphatic rings. The number of carbonyl (C=O) groups is 2. The van der Waals surface area contributed by atoms with E-state index in [4.69, 9.17) is 4.74 Å². The lowest BCUT2D eigenvalue weighted by molar-refractivity contribution is -0.117. The Morgan fingerprint density at radius 1 is 1.10 bits per heavy atom. The number of methoxy groups -OCH3 is 1. The van der Waals surface area contributed by atoms with Crippen molar-refractivity contribution in [2.24, 2.45) is 5.92 Å². The number of carbonyl (C=O) groups excluding carboxylic acids is 1. The Morgan fingerprint density at radius 2 is 1.90 bits per heavy atom. The topological polar surface area (TPSA) is 80.6 Å². The number of hydrogen-bond acceptors (Lipinski definition) is 3. The van der Waals surface area contributed by atoms with Gasteiger partial charge in [-0.1, -0.05) is 31.4 Å². The fraction of sp³-hybridized carbons (Fsp3) is 0.360. The summed E-state index contributed by atoms with van der Waals surface area (Å²) in [7, 11) is 1.54. The minimum Gasteiger partial charge on any atom is -0.496 e. The summed E-state index contributed by atoms with van der Waals surface area (Å²) >= 11 is 0. The summed E-state index contributed by atoms with van der Waals surface area (Å²) in [6, 6.07) is 12.9. The highest BCUT2D eigenvalue weighted by molar-refractivity contribution is 5.94. The van der Waals surface area contributed by atoms with Gasteiger partial charge in [0.1, 0.15) is 5.75 Å². The molecule has 4 rings (SSSR count). The molecule has 0 radical (unpaired) electrons. The van der Waals surface area contributed by atoms with Gasteiger partial charge in [-0.05, 0) is 54.5 Å². The highest BCUT2D eigenvalue weighted by Gasteiger charge is 2.17. The van der Waals surface area contributed by atoms with E-state index in [1.807, 2.05) is 30.5 Å². The van der Waals surface area contributed by atoms with Crippen molar-refractivity contribution in [2.75, 3.05) is 12.4 Å². The third-order valence-corrected chi connectivity index (χ3v) is 6.13. The van der Waals surface area contributed by atoms with Gasteiger partial charge in [-0.2, -0.15) is 0 Å². The number of ether oxygens (including phenoxy) is 1. The number of aromatic nitrogens is 1. The third kappa shape index (κ3) is 4.90. The van der Waals surface area contributed by atoms with Gasteiger partial charge in [0.25, 0.3) is 0 Å². The number of carboxylic acid groups (broad SMARTS) is 1. The maximum absolute atomic E-state index is 12.5. The van der Waals surface area contributed by atoms with Gasteiger partial charge < -0.3 is 19.7 Å². The second-order valence-corrected chi connectivity index (χ2v) is 8.31. The molecule has 162 valence electrons. The molecule has 2 N–H and O–H groups in total. The number of nitrogens with one attached hydrogen (secondary N) is 1. The van der Waals surface area contributed by atoms with E-state index in [9.17, 15) is 14.7 Å². The molecule has 2 aromatic carbocycles. The number of hydrogen-bond donors (Lipinski definition) is 2. The Balaban J connectivity index is 1.52. The molecule has 1 aliphatic carbocycles. The van der Waals surface area contributed by atoms with E-state index in [2.05, 4.69) is 9.88 Å². The number of amides is 1. The Kier molecular flexibility index (Phi) is 6.26. The van der Waals surface area contributed by atoms with E-state index in [0.29, 0.717) is 24.6 Å². The van der Waals surface area contributed by atoms with Gasteiger partial charge in [0.05, 0.1) is 24.7 Å². The summed E-state index contributed by atoms with van der Waals surface area (Å²) in [5, 5.41) is 13.3. The van der Waals surface area contributed by atoms with Crippen molar-refractivity contribution < 1.29 is 19.4 Å². The molecule has 0 atom stereocenters. The summed E-state index contributed by atoms with van der Waals surface area (Å²) in [6.07, 6.45) is 8.63. The molecular weight excluding hydrogens is 392 g/mol. The van der Waals surface area contributed by atoms with Gasteiger partial charge in [-0.15, -0.1) is 0 Å². The number of carboxylic acids is 1. The van der Waals surface area contributed by atoms with Crippen LogP contribution >= 0.6 is 0 Å². The fourth-order valence-corrected chi connectivity index (χ4v) is 4.46. The van der Waals surface area contributed by atoms with Gasteiger partial charge in [0, 0.05) is 23.9 Å². The van der Waals surface area contributed by atoms with E-state index in [1.54, 1.807) is 18.2 Å². The Hall–Kier alpha value is -3.28. The normalized spacial score (nSPS) is 14.5. The maximum Gasteiger partial charge on any atom is 0.335 e. The minimum absolute atomic E-state index is 0.0790. The average Bonchev–Trinajstić information content (AvgIpc) is 3.16. The first-order valence-corrected chi connectivity index (χ1v) is 10.8. The predicted octanol–water partition coefficient (Wildman–Crippen LogP) is 5.31. The quantitative estimate of drug-likeness (QED) is 0.543. The van der Waals surface area contributed by atoms with Crippen LogP contribution in [0.25, 0.3) is 10.9 Å². The molecule has 1 fully saturated rings. The van der Waals surface area contributed by atoms with Crippen molar-refractivity contribution in [3.8, 4) is 5.75 Å². The molecule has 1 saturated carbocycles. The highest BCUT2D eigenvalue weighted by atomic mass is 16.5. The van der Waals surface area contributed by atoms with Crippen LogP contribution in [0.1, 0.15) is 54.4 Å². The van der Waals surface area contributed by atoms with Crippen LogP contribution < -0.4 is 10.1 Å². The largest absolute Gasteiger partial charge is 0.496 e. The molecule has 6 nitrogen and oxygen atoms in total. The maximum atomic E-state index is 12.5. The van der Waals surface area contributed by atoms with Crippen LogP contribution in [0.3, 0.4) is 0 Å². The van der Waals surface area contributed by atoms with Gasteiger partial charge >= 0.3 is 5.97 Å². The second kappa shape index (κ2) is 9.25. The highest BCUT2D eigenvalue weighted by Crippen LogP contribution is 2.28. The van der Waals surface area contributed by atoms with E-state index < -0.39 is 5.97 Å². The Bertz CT molecular complexity index is 1100. The molecule has 0 spiro atoms. The summed E-state index contributed by atoms with van der Waals surface area (Å²) in [6.45, 7) is 0.534. The molecule has 1 heterocycles. The van der Waals surface area contributed by atoms with E-state index >= 15 is 0 Å². The molecule has 1 amide bonds. The summed E-state index contributed by atoms with van der Waals surface area (Å²) in [4.78, 5) is 23.7. The molecule has 0 unspecified atom stereocenters. The lowest BCUT2D eigenvalue weighted by Crippen LogP contribution is -2.18. The SMILES string of the molecule is COc1cc(C(=O)O)ccc1Cn1ccc2ccc(NC(=O)CC3CCCCC3)cc21. The summed E-state index contributed by atoms with van der Waals surface area (Å²) < 4.78 is 7.49. The van der Waals surface area contributed by atoms with Crippen LogP contribution in [0.5, 0.6) is 5.75 Å². The van der Waals surface area contributed by atoms with Gasteiger partial charge in [-0.25, -0.2) is 4.79 Å². The van der Waals surface area contributed by atoms with Crippen LogP contribution in [-0.2, 0) is 11.3 Å². The van der Waals surface area contributed by atoms with Crippen LogP contribution in [0.4, 0.5) is 5.69 Å². The average molecular weight is 421 g/mol. The van der Waals surface area contributed by atoms with Crippen LogP contribution in [0.2, 0.25) is 0 Å². The van der Waals surface area contributed by atoms with Crippen molar-refractivity contribution >= 4 is 28.5 Å². The van der Waals surface area contributed by atoms with Crippen molar-refractivity contribution in [3.63, 3.8) is 0 Å². The number of anilines is 1. The van der Waals surface area contributed by atoms with E-state index in [0.717, 1.165) is 35.0 Å². The van der Waals surface area contributed by atoms with E-state index in [-0.39, 0.29) is 11.5 Å². The standard InChI is InChI=1S/C25H28N2O4/c1-31-23-14-19(25(29)30)7-8-20(23)16-27-12-11-18-9-10-21(15-22(18)27)26-24(28)13-17-5-3-2-4-6-17/h7-12,14-15,17H,2-6,13,16H2,1H3,(H,26,28)(H,29,30). The predicted molar refractivity (Wildman–Crippen MR) is 121 cm³/mol. The first-order valence-electron chi connectivity index (χ1n) is 10.8. The van der Waals surface area contributed by atoms with Crippen LogP contribution in [0.15, 0.2) is 48.7 Å². The third-order valence-electron chi connectivity index (χ3n) is 6.13. The fourth-order valence-electron chi connectivity index (χ4n) is 4.46. The lowest BCUT2D eigenvalue weighted by Gasteiger charge is -2.20. The minimum atomic E-state index is -0.982. The number of nitrogens with zero attached hydrogens (tertiary/aromatic N) is 1. The zero-order valence-corrected chi connectivity index (χ0v) is 17.8. The van der Waals surface area contributed by atoms with Crippen molar-refractivity contribution in [2.45, 2.75) is 45.1 Å². The van der Waals surface area contributed by atoms with E-state index in [1.165, 1.54) is 26.4 Å². The lowest BCUT2D eigenvalue weighted by atomic mass is 9.87. The number of aromatic carboxylic acids is 1. The molecule has 0 aliphatic heterocycles. The molecular formula is C25H28N2O4. The monoisotopic (exact) mass is 420 g/mol. The van der Waals surface area contributed by atoms with Gasteiger partial charge in [-0.3, -0.25) is 4.79 Å². The van der Waals surface area contributed by atoms with Crippen molar-refractivity contribution in [1.29, 1.82) is 0 Å². The number of rotatable bonds is 7. The first-order chi connectivity index (χ1) is 15.0. The smallest absolute Gasteiger partial charge is 0.335 e. The second-order valence-electron chi connectivity index (χ2n) is 8.31. The summed E-state index contributed by atoms with van der Waals surface area (Å²) in [5.41, 5.74) is 2.87. The molecule has 6 heteroatoms. The molecule has 0 saturated heterocycles. The number of fused-ring (bicyclic) bond motifs is 1. The van der Waals surface area contributed by atoms with Gasteiger partial charge in [0.15, 0.2) is 0 Å². The van der Waals surface area contributed by atoms with Crippen LogP contribution in [-0.4, -0.2) is 28.7 Å². The van der Waals surface area contributed by atoms with Crippen molar-refractivity contribution in [1.82, 2.24) is 4.57 Å². The van der Waals surface area contributed by atoms with Crippen molar-refractivity contribution in [3.05, 3.63) is 59.8 Å². The summed E-state index contributed by atoms with van der Waals surface area (Å²) in [5.74, 6) is 0.140. The number of benzene rings is 2. The molecule has 1 aromatic heterocycles. The zero-order chi connectivity index (χ0) is 21.8. The zero-order valence-electron chi connectivity index (χ0n) is 17.8. The Morgan fingerprint density at radius 3 is 2.65 bits per heavy atom. The first kappa shape index (κ1) is 21.0. The van der Waals surface area contributed by atoms with Gasteiger partial charge in [0.2, 0.25) is 5.91 Å². The Labute approximate surface area is 181 Å². The van der Waals surface area contributed by atoms with Crippen LogP contribution in [0, 0.1) is 5.92 Å².